The zero-order chi connectivity index (χ0) is 20.5. The average molecular weight is 414 g/mol. The number of nitrogens with zero attached hydrogens (tertiary/aromatic N) is 1. The molecule has 3 nitrogen and oxygen atoms in total. The maximum atomic E-state index is 13.5. The molecule has 0 unspecified atom stereocenters. The van der Waals surface area contributed by atoms with Crippen molar-refractivity contribution in [2.45, 2.75) is 50.6 Å². The minimum absolute atomic E-state index is 0.392. The second kappa shape index (κ2) is 7.97. The summed E-state index contributed by atoms with van der Waals surface area (Å²) in [7, 11) is -5.55. The number of sulfonamides is 1. The third-order valence-electron chi connectivity index (χ3n) is 6.19. The van der Waals surface area contributed by atoms with Crippen LogP contribution in [0.5, 0.6) is 0 Å². The highest BCUT2D eigenvalue weighted by Gasteiger charge is 2.45. The first-order valence-corrected chi connectivity index (χ1v) is 13.9. The second-order valence-electron chi connectivity index (χ2n) is 8.54. The molecule has 0 aliphatic carbocycles. The molecule has 150 valence electrons. The predicted molar refractivity (Wildman–Crippen MR) is 120 cm³/mol. The van der Waals surface area contributed by atoms with Crippen molar-refractivity contribution >= 4 is 23.7 Å². The van der Waals surface area contributed by atoms with Crippen LogP contribution in [0.4, 0.5) is 0 Å². The fourth-order valence-corrected chi connectivity index (χ4v) is 11.1. The highest BCUT2D eigenvalue weighted by Crippen LogP contribution is 2.41. The van der Waals surface area contributed by atoms with Gasteiger partial charge in [0.2, 0.25) is 10.0 Å². The van der Waals surface area contributed by atoms with Gasteiger partial charge < -0.3 is 0 Å². The van der Waals surface area contributed by atoms with Crippen LogP contribution in [-0.4, -0.2) is 33.5 Å². The van der Waals surface area contributed by atoms with E-state index in [1.54, 1.807) is 16.4 Å². The Morgan fingerprint density at radius 2 is 1.46 bits per heavy atom. The molecule has 1 aliphatic heterocycles. The summed E-state index contributed by atoms with van der Waals surface area (Å²) in [6.45, 7) is 11.4. The standard InChI is InChI=1S/C23H31NO2SSi/c1-18(2)28(19(3)4)16-22(21-9-7-6-8-10-21)15-24(17-28)27(25,26)23-13-11-20(5)12-14-23/h6-14,16,18-19H,15,17H2,1-5H3. The first-order chi connectivity index (χ1) is 13.2. The molecule has 0 atom stereocenters. The molecule has 3 rings (SSSR count). The molecule has 0 fully saturated rings. The van der Waals surface area contributed by atoms with Crippen molar-refractivity contribution in [2.24, 2.45) is 0 Å². The molecular weight excluding hydrogens is 382 g/mol. The Bertz CT molecular complexity index is 940. The minimum Gasteiger partial charge on any atom is -0.207 e. The highest BCUT2D eigenvalue weighted by molar-refractivity contribution is 7.89. The van der Waals surface area contributed by atoms with Gasteiger partial charge in [-0.15, -0.1) is 0 Å². The number of rotatable bonds is 5. The Hall–Kier alpha value is -1.69. The van der Waals surface area contributed by atoms with Gasteiger partial charge in [0, 0.05) is 12.7 Å². The number of aryl methyl sites for hydroxylation is 1. The summed E-state index contributed by atoms with van der Waals surface area (Å²) in [4.78, 5) is 0.392. The molecule has 2 aromatic rings. The highest BCUT2D eigenvalue weighted by atomic mass is 32.2. The summed E-state index contributed by atoms with van der Waals surface area (Å²) in [6.07, 6.45) is 0.648. The van der Waals surface area contributed by atoms with Crippen molar-refractivity contribution in [1.29, 1.82) is 0 Å². The summed E-state index contributed by atoms with van der Waals surface area (Å²) in [5, 5.41) is 0. The topological polar surface area (TPSA) is 37.4 Å². The van der Waals surface area contributed by atoms with E-state index < -0.39 is 18.1 Å². The first kappa shape index (κ1) is 21.0. The van der Waals surface area contributed by atoms with Crippen LogP contribution in [0.3, 0.4) is 0 Å². The van der Waals surface area contributed by atoms with Crippen LogP contribution in [-0.2, 0) is 10.0 Å². The number of hydrogen-bond acceptors (Lipinski definition) is 2. The summed E-state index contributed by atoms with van der Waals surface area (Å²) in [5.41, 5.74) is 6.75. The van der Waals surface area contributed by atoms with Gasteiger partial charge in [0.15, 0.2) is 0 Å². The second-order valence-corrected chi connectivity index (χ2v) is 15.6. The van der Waals surface area contributed by atoms with Gasteiger partial charge in [-0.25, -0.2) is 8.42 Å². The van der Waals surface area contributed by atoms with E-state index in [4.69, 9.17) is 0 Å². The van der Waals surface area contributed by atoms with E-state index >= 15 is 0 Å². The van der Waals surface area contributed by atoms with Crippen LogP contribution in [0, 0.1) is 6.92 Å². The number of benzene rings is 2. The lowest BCUT2D eigenvalue weighted by molar-refractivity contribution is 0.478. The van der Waals surface area contributed by atoms with Gasteiger partial charge >= 0.3 is 0 Å². The molecule has 0 aromatic heterocycles. The first-order valence-electron chi connectivity index (χ1n) is 10.0. The fraction of sp³-hybridized carbons (Fsp3) is 0.391. The quantitative estimate of drug-likeness (QED) is 0.613. The number of hydrogen-bond donors (Lipinski definition) is 0. The van der Waals surface area contributed by atoms with E-state index in [9.17, 15) is 8.42 Å². The molecule has 0 bridgehead atoms. The largest absolute Gasteiger partial charge is 0.243 e. The minimum atomic E-state index is -3.53. The normalized spacial score (nSPS) is 17.8. The van der Waals surface area contributed by atoms with E-state index in [-0.39, 0.29) is 0 Å². The van der Waals surface area contributed by atoms with E-state index in [0.717, 1.165) is 16.7 Å². The van der Waals surface area contributed by atoms with E-state index in [2.05, 4.69) is 45.5 Å². The molecule has 0 N–H and O–H groups in total. The summed E-state index contributed by atoms with van der Waals surface area (Å²) >= 11 is 0. The molecule has 0 spiro atoms. The van der Waals surface area contributed by atoms with Gasteiger partial charge in [-0.05, 0) is 41.3 Å². The van der Waals surface area contributed by atoms with Gasteiger partial charge in [-0.3, -0.25) is 0 Å². The van der Waals surface area contributed by atoms with Crippen LogP contribution in [0.2, 0.25) is 11.1 Å². The van der Waals surface area contributed by atoms with Crippen LogP contribution in [0.25, 0.3) is 5.57 Å². The molecular formula is C23H31NO2SSi. The van der Waals surface area contributed by atoms with Gasteiger partial charge in [0.1, 0.15) is 0 Å². The van der Waals surface area contributed by atoms with Crippen molar-refractivity contribution in [3.05, 3.63) is 71.4 Å². The van der Waals surface area contributed by atoms with E-state index in [1.165, 1.54) is 0 Å². The fourth-order valence-electron chi connectivity index (χ4n) is 4.19. The van der Waals surface area contributed by atoms with Crippen LogP contribution in [0.1, 0.15) is 38.8 Å². The molecule has 2 aromatic carbocycles. The van der Waals surface area contributed by atoms with Crippen LogP contribution in [0.15, 0.2) is 65.2 Å². The van der Waals surface area contributed by atoms with Gasteiger partial charge in [-0.2, -0.15) is 4.31 Å². The van der Waals surface area contributed by atoms with Gasteiger partial charge in [0.25, 0.3) is 0 Å². The maximum absolute atomic E-state index is 13.5. The third-order valence-corrected chi connectivity index (χ3v) is 14.3. The van der Waals surface area contributed by atoms with Crippen molar-refractivity contribution < 1.29 is 8.42 Å². The molecule has 0 amide bonds. The predicted octanol–water partition coefficient (Wildman–Crippen LogP) is 5.43. The molecule has 1 heterocycles. The lowest BCUT2D eigenvalue weighted by Gasteiger charge is -2.44. The lowest BCUT2D eigenvalue weighted by atomic mass is 10.1. The summed E-state index contributed by atoms with van der Waals surface area (Å²) in [5.74, 6) is 0. The Morgan fingerprint density at radius 3 is 2.00 bits per heavy atom. The molecule has 5 heteroatoms. The summed E-state index contributed by atoms with van der Waals surface area (Å²) < 4.78 is 28.8. The molecule has 0 radical (unpaired) electrons. The third kappa shape index (κ3) is 3.88. The Balaban J connectivity index is 2.11. The Kier molecular flexibility index (Phi) is 5.99. The van der Waals surface area contributed by atoms with Crippen LogP contribution >= 0.6 is 0 Å². The molecule has 0 saturated carbocycles. The zero-order valence-electron chi connectivity index (χ0n) is 17.5. The van der Waals surface area contributed by atoms with Crippen molar-refractivity contribution in [1.82, 2.24) is 4.31 Å². The Labute approximate surface area is 171 Å². The zero-order valence-corrected chi connectivity index (χ0v) is 19.3. The van der Waals surface area contributed by atoms with Crippen molar-refractivity contribution in [2.75, 3.05) is 12.7 Å². The van der Waals surface area contributed by atoms with Crippen molar-refractivity contribution in [3.8, 4) is 0 Å². The van der Waals surface area contributed by atoms with E-state index in [1.807, 2.05) is 37.3 Å². The average Bonchev–Trinajstić information content (AvgIpc) is 2.68. The SMILES string of the molecule is Cc1ccc(S(=O)(=O)N2CC(c3ccccc3)=C[Si](C(C)C)(C(C)C)C2)cc1. The summed E-state index contributed by atoms with van der Waals surface area (Å²) in [6, 6.07) is 17.5. The molecule has 28 heavy (non-hydrogen) atoms. The monoisotopic (exact) mass is 413 g/mol. The van der Waals surface area contributed by atoms with Crippen molar-refractivity contribution in [3.63, 3.8) is 0 Å². The van der Waals surface area contributed by atoms with Crippen LogP contribution < -0.4 is 0 Å². The smallest absolute Gasteiger partial charge is 0.207 e. The Morgan fingerprint density at radius 1 is 0.893 bits per heavy atom. The van der Waals surface area contributed by atoms with Gasteiger partial charge in [0.05, 0.1) is 13.0 Å². The molecule has 1 aliphatic rings. The molecule has 0 saturated heterocycles. The maximum Gasteiger partial charge on any atom is 0.243 e. The van der Waals surface area contributed by atoms with Gasteiger partial charge in [-0.1, -0.05) is 81.4 Å². The lowest BCUT2D eigenvalue weighted by Crippen LogP contribution is -2.55. The van der Waals surface area contributed by atoms with E-state index in [0.29, 0.717) is 28.7 Å².